The van der Waals surface area contributed by atoms with E-state index in [2.05, 4.69) is 55.5 Å². The predicted octanol–water partition coefficient (Wildman–Crippen LogP) is 3.32. The Morgan fingerprint density at radius 3 is 2.83 bits per heavy atom. The Bertz CT molecular complexity index is 323. The highest BCUT2D eigenvalue weighted by Gasteiger charge is 2.20. The summed E-state index contributed by atoms with van der Waals surface area (Å²) in [7, 11) is 0. The molecule has 0 aliphatic carbocycles. The van der Waals surface area contributed by atoms with Crippen molar-refractivity contribution >= 4 is 68.3 Å². The fraction of sp³-hybridized carbons (Fsp3) is 0.167. The van der Waals surface area contributed by atoms with Gasteiger partial charge in [0.15, 0.2) is 0 Å². The van der Waals surface area contributed by atoms with Gasteiger partial charge in [-0.2, -0.15) is 0 Å². The van der Waals surface area contributed by atoms with Crippen molar-refractivity contribution in [2.75, 3.05) is 0 Å². The molecule has 1 N–H and O–H groups in total. The van der Waals surface area contributed by atoms with E-state index >= 15 is 0 Å². The van der Waals surface area contributed by atoms with Gasteiger partial charge in [-0.25, -0.2) is 4.98 Å². The number of nitrogens with zero attached hydrogens (tertiary/aromatic N) is 1. The average molecular weight is 422 g/mol. The molecule has 1 atom stereocenters. The lowest BCUT2D eigenvalue weighted by molar-refractivity contribution is 0.851. The van der Waals surface area contributed by atoms with Gasteiger partial charge in [0, 0.05) is 6.20 Å². The Labute approximate surface area is 106 Å². The van der Waals surface area contributed by atoms with Crippen molar-refractivity contribution in [2.45, 2.75) is 5.37 Å². The molecule has 6 heteroatoms. The SMILES string of the molecule is IC1=CNC(c2ncc(I)s2)S1. The molecule has 1 unspecified atom stereocenters. The second kappa shape index (κ2) is 4.01. The summed E-state index contributed by atoms with van der Waals surface area (Å²) < 4.78 is 2.54. The molecule has 64 valence electrons. The van der Waals surface area contributed by atoms with Crippen molar-refractivity contribution in [3.05, 3.63) is 23.2 Å². The van der Waals surface area contributed by atoms with Crippen LogP contribution in [0, 0.1) is 2.88 Å². The van der Waals surface area contributed by atoms with Gasteiger partial charge in [-0.15, -0.1) is 11.3 Å². The lowest BCUT2D eigenvalue weighted by Crippen LogP contribution is -2.05. The van der Waals surface area contributed by atoms with Gasteiger partial charge in [0.2, 0.25) is 0 Å². The molecule has 0 saturated carbocycles. The molecule has 12 heavy (non-hydrogen) atoms. The number of rotatable bonds is 1. The van der Waals surface area contributed by atoms with Gasteiger partial charge in [-0.3, -0.25) is 0 Å². The van der Waals surface area contributed by atoms with Crippen LogP contribution in [0.1, 0.15) is 10.4 Å². The van der Waals surface area contributed by atoms with Gasteiger partial charge >= 0.3 is 0 Å². The minimum atomic E-state index is 0.338. The lowest BCUT2D eigenvalue weighted by Gasteiger charge is -2.04. The summed E-state index contributed by atoms with van der Waals surface area (Å²) in [6.07, 6.45) is 3.94. The summed E-state index contributed by atoms with van der Waals surface area (Å²) in [4.78, 5) is 4.32. The molecule has 0 saturated heterocycles. The molecule has 0 radical (unpaired) electrons. The van der Waals surface area contributed by atoms with Gasteiger partial charge < -0.3 is 5.32 Å². The topological polar surface area (TPSA) is 24.9 Å². The van der Waals surface area contributed by atoms with E-state index in [1.807, 2.05) is 24.2 Å². The van der Waals surface area contributed by atoms with Gasteiger partial charge in [0.1, 0.15) is 10.4 Å². The van der Waals surface area contributed by atoms with Crippen molar-refractivity contribution in [3.63, 3.8) is 0 Å². The number of hydrogen-bond acceptors (Lipinski definition) is 4. The average Bonchev–Trinajstić information content (AvgIpc) is 2.58. The number of thiazole rings is 1. The summed E-state index contributed by atoms with van der Waals surface area (Å²) in [5.74, 6) is 0. The second-order valence-corrected chi connectivity index (χ2v) is 8.11. The summed E-state index contributed by atoms with van der Waals surface area (Å²) in [5.41, 5.74) is 0. The molecule has 2 rings (SSSR count). The maximum atomic E-state index is 4.32. The molecule has 0 bridgehead atoms. The summed E-state index contributed by atoms with van der Waals surface area (Å²) >= 11 is 8.17. The maximum absolute atomic E-state index is 4.32. The standard InChI is InChI=1S/C6H4I2N2S2/c7-3-1-9-5(11-3)6-10-2-4(8)12-6/h1-2,5,9H. The molecular weight excluding hydrogens is 418 g/mol. The highest BCUT2D eigenvalue weighted by atomic mass is 127. The van der Waals surface area contributed by atoms with Crippen LogP contribution in [0.2, 0.25) is 0 Å². The second-order valence-electron chi connectivity index (χ2n) is 2.12. The zero-order valence-electron chi connectivity index (χ0n) is 5.75. The van der Waals surface area contributed by atoms with Crippen LogP contribution in [0.15, 0.2) is 15.3 Å². The molecule has 1 aliphatic heterocycles. The van der Waals surface area contributed by atoms with Crippen LogP contribution in [-0.2, 0) is 0 Å². The van der Waals surface area contributed by atoms with Gasteiger partial charge in [0.25, 0.3) is 0 Å². The van der Waals surface area contributed by atoms with Crippen LogP contribution in [0.3, 0.4) is 0 Å². The van der Waals surface area contributed by atoms with E-state index in [1.54, 1.807) is 11.3 Å². The third kappa shape index (κ3) is 2.07. The summed E-state index contributed by atoms with van der Waals surface area (Å²) in [5, 5.41) is 4.77. The van der Waals surface area contributed by atoms with Crippen LogP contribution in [0.25, 0.3) is 0 Å². The van der Waals surface area contributed by atoms with Gasteiger partial charge in [-0.05, 0) is 45.2 Å². The van der Waals surface area contributed by atoms with Crippen molar-refractivity contribution in [3.8, 4) is 0 Å². The monoisotopic (exact) mass is 422 g/mol. The Hall–Kier alpha value is 0.980. The molecule has 2 nitrogen and oxygen atoms in total. The predicted molar refractivity (Wildman–Crippen MR) is 70.4 cm³/mol. The van der Waals surface area contributed by atoms with Crippen LogP contribution in [0.4, 0.5) is 0 Å². The van der Waals surface area contributed by atoms with Crippen molar-refractivity contribution in [1.29, 1.82) is 0 Å². The number of thioether (sulfide) groups is 1. The largest absolute Gasteiger partial charge is 0.372 e. The first kappa shape index (κ1) is 9.53. The first-order valence-corrected chi connectivity index (χ1v) is 7.00. The van der Waals surface area contributed by atoms with Crippen LogP contribution >= 0.6 is 68.3 Å². The van der Waals surface area contributed by atoms with E-state index in [1.165, 1.54) is 5.80 Å². The Morgan fingerprint density at radius 2 is 2.33 bits per heavy atom. The lowest BCUT2D eigenvalue weighted by atomic mass is 10.6. The van der Waals surface area contributed by atoms with Crippen LogP contribution in [-0.4, -0.2) is 4.98 Å². The molecule has 2 heterocycles. The molecule has 1 aromatic rings. The number of hydrogen-bond donors (Lipinski definition) is 1. The van der Waals surface area contributed by atoms with E-state index in [0.29, 0.717) is 5.37 Å². The van der Waals surface area contributed by atoms with E-state index in [4.69, 9.17) is 0 Å². The fourth-order valence-electron chi connectivity index (χ4n) is 0.832. The molecule has 0 spiro atoms. The van der Waals surface area contributed by atoms with Crippen molar-refractivity contribution < 1.29 is 0 Å². The maximum Gasteiger partial charge on any atom is 0.130 e. The van der Waals surface area contributed by atoms with E-state index in [0.717, 1.165) is 5.01 Å². The summed E-state index contributed by atoms with van der Waals surface area (Å²) in [6, 6.07) is 0. The molecule has 0 aromatic carbocycles. The Morgan fingerprint density at radius 1 is 1.50 bits per heavy atom. The number of aromatic nitrogens is 1. The molecule has 1 aliphatic rings. The third-order valence-electron chi connectivity index (χ3n) is 1.30. The van der Waals surface area contributed by atoms with Crippen LogP contribution in [0.5, 0.6) is 0 Å². The fourth-order valence-corrected chi connectivity index (χ4v) is 4.12. The third-order valence-corrected chi connectivity index (χ3v) is 5.25. The minimum Gasteiger partial charge on any atom is -0.372 e. The highest BCUT2D eigenvalue weighted by molar-refractivity contribution is 14.1. The Kier molecular flexibility index (Phi) is 3.18. The first-order chi connectivity index (χ1) is 5.75. The smallest absolute Gasteiger partial charge is 0.130 e. The molecule has 0 amide bonds. The molecule has 0 fully saturated rings. The first-order valence-electron chi connectivity index (χ1n) is 3.15. The zero-order valence-corrected chi connectivity index (χ0v) is 11.7. The molecule has 1 aromatic heterocycles. The normalized spacial score (nSPS) is 22.2. The van der Waals surface area contributed by atoms with Crippen LogP contribution < -0.4 is 5.32 Å². The number of halogens is 2. The minimum absolute atomic E-state index is 0.338. The van der Waals surface area contributed by atoms with E-state index < -0.39 is 0 Å². The van der Waals surface area contributed by atoms with Gasteiger partial charge in [-0.1, -0.05) is 11.8 Å². The van der Waals surface area contributed by atoms with E-state index in [9.17, 15) is 0 Å². The van der Waals surface area contributed by atoms with Crippen molar-refractivity contribution in [1.82, 2.24) is 10.3 Å². The molecular formula is C6H4I2N2S2. The number of nitrogens with one attached hydrogen (secondary N) is 1. The quantitative estimate of drug-likeness (QED) is 0.704. The van der Waals surface area contributed by atoms with E-state index in [-0.39, 0.29) is 0 Å². The van der Waals surface area contributed by atoms with Crippen molar-refractivity contribution in [2.24, 2.45) is 0 Å². The summed E-state index contributed by atoms with van der Waals surface area (Å²) in [6.45, 7) is 0. The zero-order chi connectivity index (χ0) is 8.55. The Balaban J connectivity index is 2.13. The highest BCUT2D eigenvalue weighted by Crippen LogP contribution is 2.41. The van der Waals surface area contributed by atoms with Gasteiger partial charge in [0.05, 0.1) is 12.0 Å².